The first-order chi connectivity index (χ1) is 7.65. The summed E-state index contributed by atoms with van der Waals surface area (Å²) in [5.74, 6) is 2.14. The maximum absolute atomic E-state index is 12.1. The fourth-order valence-electron chi connectivity index (χ4n) is 2.94. The highest BCUT2D eigenvalue weighted by Gasteiger charge is 2.39. The van der Waals surface area contributed by atoms with Gasteiger partial charge in [0.2, 0.25) is 10.0 Å². The summed E-state index contributed by atoms with van der Waals surface area (Å²) < 4.78 is 26.0. The smallest absolute Gasteiger partial charge is 0.214 e. The Labute approximate surface area is 110 Å². The Hall–Kier alpha value is 0.160. The molecule has 6 heteroatoms. The Kier molecular flexibility index (Phi) is 4.02. The van der Waals surface area contributed by atoms with E-state index >= 15 is 0 Å². The number of hydrogen-bond donors (Lipinski definition) is 1. The van der Waals surface area contributed by atoms with Crippen LogP contribution in [0.25, 0.3) is 0 Å². The lowest BCUT2D eigenvalue weighted by molar-refractivity contribution is 0.227. The molecule has 0 aromatic rings. The third-order valence-corrected chi connectivity index (χ3v) is 6.21. The summed E-state index contributed by atoms with van der Waals surface area (Å²) in [6.45, 7) is 3.59. The predicted molar refractivity (Wildman–Crippen MR) is 69.8 cm³/mol. The normalized spacial score (nSPS) is 34.1. The molecule has 0 bridgehead atoms. The SMILES string of the molecule is Cl.O=S(=O)(CC1CC1)N1CCC2CNCC2C1. The molecule has 1 aliphatic carbocycles. The van der Waals surface area contributed by atoms with Crippen molar-refractivity contribution < 1.29 is 8.42 Å². The van der Waals surface area contributed by atoms with Crippen molar-refractivity contribution in [3.05, 3.63) is 0 Å². The molecule has 3 fully saturated rings. The van der Waals surface area contributed by atoms with E-state index in [0.29, 0.717) is 23.5 Å². The van der Waals surface area contributed by atoms with Gasteiger partial charge in [-0.15, -0.1) is 12.4 Å². The molecule has 2 heterocycles. The van der Waals surface area contributed by atoms with Gasteiger partial charge in [0, 0.05) is 13.1 Å². The number of hydrogen-bond acceptors (Lipinski definition) is 3. The van der Waals surface area contributed by atoms with Crippen LogP contribution in [0.3, 0.4) is 0 Å². The largest absolute Gasteiger partial charge is 0.316 e. The van der Waals surface area contributed by atoms with Crippen molar-refractivity contribution >= 4 is 22.4 Å². The van der Waals surface area contributed by atoms with E-state index in [1.807, 2.05) is 0 Å². The molecule has 0 radical (unpaired) electrons. The molecule has 1 N–H and O–H groups in total. The van der Waals surface area contributed by atoms with Crippen molar-refractivity contribution in [1.29, 1.82) is 0 Å². The number of piperidine rings is 1. The first-order valence-corrected chi connectivity index (χ1v) is 7.94. The van der Waals surface area contributed by atoms with Gasteiger partial charge in [-0.1, -0.05) is 0 Å². The standard InChI is InChI=1S/C11H20N2O2S.ClH/c14-16(15,8-9-1-2-9)13-4-3-10-5-12-6-11(10)7-13;/h9-12H,1-8H2;1H. The zero-order valence-electron chi connectivity index (χ0n) is 9.97. The summed E-state index contributed by atoms with van der Waals surface area (Å²) >= 11 is 0. The molecule has 100 valence electrons. The van der Waals surface area contributed by atoms with Crippen molar-refractivity contribution in [3.63, 3.8) is 0 Å². The lowest BCUT2D eigenvalue weighted by Crippen LogP contribution is -2.44. The van der Waals surface area contributed by atoms with E-state index in [1.165, 1.54) is 0 Å². The van der Waals surface area contributed by atoms with E-state index in [0.717, 1.165) is 45.4 Å². The second-order valence-electron chi connectivity index (χ2n) is 5.55. The summed E-state index contributed by atoms with van der Waals surface area (Å²) in [6, 6.07) is 0. The minimum Gasteiger partial charge on any atom is -0.316 e. The zero-order chi connectivity index (χ0) is 11.2. The molecule has 2 unspecified atom stereocenters. The second-order valence-corrected chi connectivity index (χ2v) is 7.56. The number of nitrogens with zero attached hydrogens (tertiary/aromatic N) is 1. The number of fused-ring (bicyclic) bond motifs is 1. The molecule has 0 aromatic carbocycles. The quantitative estimate of drug-likeness (QED) is 0.828. The lowest BCUT2D eigenvalue weighted by Gasteiger charge is -2.33. The monoisotopic (exact) mass is 280 g/mol. The molecule has 0 spiro atoms. The van der Waals surface area contributed by atoms with Crippen LogP contribution in [-0.4, -0.2) is 44.7 Å². The fraction of sp³-hybridized carbons (Fsp3) is 1.00. The van der Waals surface area contributed by atoms with Crippen LogP contribution in [0.2, 0.25) is 0 Å². The summed E-state index contributed by atoms with van der Waals surface area (Å²) in [7, 11) is -2.95. The molecule has 2 saturated heterocycles. The van der Waals surface area contributed by atoms with E-state index in [4.69, 9.17) is 0 Å². The molecule has 3 rings (SSSR count). The van der Waals surface area contributed by atoms with E-state index in [1.54, 1.807) is 4.31 Å². The molecule has 0 amide bonds. The number of nitrogens with one attached hydrogen (secondary N) is 1. The van der Waals surface area contributed by atoms with Crippen molar-refractivity contribution in [1.82, 2.24) is 9.62 Å². The van der Waals surface area contributed by atoms with Gasteiger partial charge in [-0.3, -0.25) is 0 Å². The minimum atomic E-state index is -2.95. The van der Waals surface area contributed by atoms with Gasteiger partial charge in [-0.25, -0.2) is 12.7 Å². The van der Waals surface area contributed by atoms with E-state index < -0.39 is 10.0 Å². The van der Waals surface area contributed by atoms with Crippen LogP contribution in [0, 0.1) is 17.8 Å². The molecule has 17 heavy (non-hydrogen) atoms. The average Bonchev–Trinajstić information content (AvgIpc) is 2.93. The van der Waals surface area contributed by atoms with Crippen LogP contribution >= 0.6 is 12.4 Å². The maximum Gasteiger partial charge on any atom is 0.214 e. The zero-order valence-corrected chi connectivity index (χ0v) is 11.6. The molecule has 2 atom stereocenters. The lowest BCUT2D eigenvalue weighted by atomic mass is 9.90. The summed E-state index contributed by atoms with van der Waals surface area (Å²) in [5, 5.41) is 3.37. The molecule has 4 nitrogen and oxygen atoms in total. The van der Waals surface area contributed by atoms with Gasteiger partial charge in [0.05, 0.1) is 5.75 Å². The van der Waals surface area contributed by atoms with Crippen LogP contribution in [0.1, 0.15) is 19.3 Å². The Bertz CT molecular complexity index is 370. The Morgan fingerprint density at radius 2 is 1.82 bits per heavy atom. The predicted octanol–water partition coefficient (Wildman–Crippen LogP) is 0.689. The van der Waals surface area contributed by atoms with Gasteiger partial charge < -0.3 is 5.32 Å². The third-order valence-electron chi connectivity index (χ3n) is 4.20. The van der Waals surface area contributed by atoms with Gasteiger partial charge >= 0.3 is 0 Å². The molecule has 2 aliphatic heterocycles. The average molecular weight is 281 g/mol. The highest BCUT2D eigenvalue weighted by molar-refractivity contribution is 7.89. The number of rotatable bonds is 3. The van der Waals surface area contributed by atoms with Crippen LogP contribution in [-0.2, 0) is 10.0 Å². The molecular formula is C11H21ClN2O2S. The minimum absolute atomic E-state index is 0. The number of halogens is 1. The van der Waals surface area contributed by atoms with Crippen LogP contribution < -0.4 is 5.32 Å². The van der Waals surface area contributed by atoms with Crippen LogP contribution in [0.15, 0.2) is 0 Å². The summed E-state index contributed by atoms with van der Waals surface area (Å²) in [5.41, 5.74) is 0. The Morgan fingerprint density at radius 1 is 1.12 bits per heavy atom. The van der Waals surface area contributed by atoms with E-state index in [2.05, 4.69) is 5.32 Å². The molecule has 1 saturated carbocycles. The van der Waals surface area contributed by atoms with Gasteiger partial charge in [-0.05, 0) is 50.1 Å². The Morgan fingerprint density at radius 3 is 2.53 bits per heavy atom. The van der Waals surface area contributed by atoms with E-state index in [-0.39, 0.29) is 12.4 Å². The van der Waals surface area contributed by atoms with Crippen molar-refractivity contribution in [3.8, 4) is 0 Å². The maximum atomic E-state index is 12.1. The van der Waals surface area contributed by atoms with Crippen LogP contribution in [0.5, 0.6) is 0 Å². The fourth-order valence-corrected chi connectivity index (χ4v) is 4.88. The first kappa shape index (κ1) is 13.6. The van der Waals surface area contributed by atoms with E-state index in [9.17, 15) is 8.42 Å². The summed E-state index contributed by atoms with van der Waals surface area (Å²) in [6.07, 6.45) is 3.27. The van der Waals surface area contributed by atoms with Crippen molar-refractivity contribution in [2.24, 2.45) is 17.8 Å². The highest BCUT2D eigenvalue weighted by Crippen LogP contribution is 2.33. The van der Waals surface area contributed by atoms with Gasteiger partial charge in [0.15, 0.2) is 0 Å². The van der Waals surface area contributed by atoms with Crippen molar-refractivity contribution in [2.75, 3.05) is 31.9 Å². The third kappa shape index (κ3) is 2.95. The second kappa shape index (κ2) is 5.03. The van der Waals surface area contributed by atoms with Crippen molar-refractivity contribution in [2.45, 2.75) is 19.3 Å². The molecule has 0 aromatic heterocycles. The molecule has 3 aliphatic rings. The highest BCUT2D eigenvalue weighted by atomic mass is 35.5. The summed E-state index contributed by atoms with van der Waals surface area (Å²) in [4.78, 5) is 0. The Balaban J connectivity index is 0.00000108. The van der Waals surface area contributed by atoms with Gasteiger partial charge in [0.25, 0.3) is 0 Å². The number of sulfonamides is 1. The van der Waals surface area contributed by atoms with Gasteiger partial charge in [0.1, 0.15) is 0 Å². The van der Waals surface area contributed by atoms with Crippen LogP contribution in [0.4, 0.5) is 0 Å². The topological polar surface area (TPSA) is 49.4 Å². The van der Waals surface area contributed by atoms with Gasteiger partial charge in [-0.2, -0.15) is 0 Å². The molecular weight excluding hydrogens is 260 g/mol. The first-order valence-electron chi connectivity index (χ1n) is 6.34.